The molecule has 1 amide bonds. The van der Waals surface area contributed by atoms with E-state index in [2.05, 4.69) is 17.3 Å². The van der Waals surface area contributed by atoms with E-state index in [0.717, 1.165) is 38.8 Å². The summed E-state index contributed by atoms with van der Waals surface area (Å²) in [4.78, 5) is 18.7. The number of carbonyl (C=O) groups is 1. The number of piperidine rings is 1. The van der Waals surface area contributed by atoms with Crippen LogP contribution in [0.2, 0.25) is 0 Å². The smallest absolute Gasteiger partial charge is 0.222 e. The number of nitrogens with zero attached hydrogens (tertiary/aromatic N) is 2. The first-order valence-electron chi connectivity index (χ1n) is 7.16. The molecular weight excluding hydrogens is 329 g/mol. The third-order valence-corrected chi connectivity index (χ3v) is 4.71. The van der Waals surface area contributed by atoms with Crippen LogP contribution in [0.25, 0.3) is 0 Å². The summed E-state index contributed by atoms with van der Waals surface area (Å²) >= 11 is 1.74. The number of rotatable bonds is 5. The number of halogens is 2. The van der Waals surface area contributed by atoms with Gasteiger partial charge >= 0.3 is 0 Å². The quantitative estimate of drug-likeness (QED) is 0.884. The summed E-state index contributed by atoms with van der Waals surface area (Å²) in [6.07, 6.45) is 4.60. The number of thiazole rings is 1. The van der Waals surface area contributed by atoms with Crippen LogP contribution in [-0.2, 0) is 11.2 Å². The lowest BCUT2D eigenvalue weighted by atomic mass is 9.98. The third kappa shape index (κ3) is 5.74. The summed E-state index contributed by atoms with van der Waals surface area (Å²) in [5.74, 6) is 0.684. The van der Waals surface area contributed by atoms with Gasteiger partial charge in [-0.05, 0) is 32.2 Å². The lowest BCUT2D eigenvalue weighted by molar-refractivity contribution is -0.132. The molecule has 1 saturated heterocycles. The van der Waals surface area contributed by atoms with Crippen molar-refractivity contribution < 1.29 is 4.79 Å². The summed E-state index contributed by atoms with van der Waals surface area (Å²) in [5.41, 5.74) is 6.64. The molecule has 21 heavy (non-hydrogen) atoms. The Bertz CT molecular complexity index is 428. The Kier molecular flexibility index (Phi) is 10.2. The van der Waals surface area contributed by atoms with Gasteiger partial charge in [-0.2, -0.15) is 0 Å². The molecule has 0 aliphatic carbocycles. The molecule has 1 fully saturated rings. The van der Waals surface area contributed by atoms with Gasteiger partial charge in [0.2, 0.25) is 5.91 Å². The summed E-state index contributed by atoms with van der Waals surface area (Å²) in [6.45, 7) is 4.45. The minimum absolute atomic E-state index is 0. The Morgan fingerprint density at radius 3 is 2.90 bits per heavy atom. The molecule has 1 atom stereocenters. The van der Waals surface area contributed by atoms with Crippen LogP contribution in [0.3, 0.4) is 0 Å². The van der Waals surface area contributed by atoms with Gasteiger partial charge in [0.25, 0.3) is 0 Å². The fourth-order valence-corrected chi connectivity index (χ4v) is 3.52. The van der Waals surface area contributed by atoms with E-state index in [1.807, 2.05) is 4.90 Å². The van der Waals surface area contributed by atoms with Crippen molar-refractivity contribution in [2.24, 2.45) is 5.73 Å². The van der Waals surface area contributed by atoms with E-state index in [1.165, 1.54) is 10.7 Å². The van der Waals surface area contributed by atoms with Crippen LogP contribution in [0.1, 0.15) is 49.2 Å². The van der Waals surface area contributed by atoms with Crippen LogP contribution in [0.5, 0.6) is 0 Å². The number of aryl methyl sites for hydroxylation is 1. The standard InChI is InChI=1S/C14H23N3OS.2ClH/c1-2-12-10-19-14(16-12)11-5-4-8-17(9-11)13(18)6-3-7-15;;/h10-11H,2-9,15H2,1H3;2*1H. The number of aromatic nitrogens is 1. The molecule has 4 nitrogen and oxygen atoms in total. The molecular formula is C14H25Cl2N3OS. The van der Waals surface area contributed by atoms with Gasteiger partial charge < -0.3 is 10.6 Å². The summed E-state index contributed by atoms with van der Waals surface area (Å²) in [5, 5.41) is 3.35. The topological polar surface area (TPSA) is 59.2 Å². The molecule has 0 spiro atoms. The third-order valence-electron chi connectivity index (χ3n) is 3.65. The molecule has 0 radical (unpaired) electrons. The van der Waals surface area contributed by atoms with Crippen molar-refractivity contribution in [3.8, 4) is 0 Å². The number of amides is 1. The fraction of sp³-hybridized carbons (Fsp3) is 0.714. The highest BCUT2D eigenvalue weighted by atomic mass is 35.5. The monoisotopic (exact) mass is 353 g/mol. The average Bonchev–Trinajstić information content (AvgIpc) is 2.94. The number of carbonyl (C=O) groups excluding carboxylic acids is 1. The molecule has 2 N–H and O–H groups in total. The molecule has 1 aromatic rings. The first-order chi connectivity index (χ1) is 9.24. The molecule has 0 aromatic carbocycles. The zero-order chi connectivity index (χ0) is 13.7. The molecule has 0 saturated carbocycles. The van der Waals surface area contributed by atoms with Gasteiger partial charge in [-0.1, -0.05) is 6.92 Å². The van der Waals surface area contributed by atoms with E-state index in [-0.39, 0.29) is 30.7 Å². The highest BCUT2D eigenvalue weighted by Gasteiger charge is 2.26. The van der Waals surface area contributed by atoms with Crippen LogP contribution in [-0.4, -0.2) is 35.4 Å². The highest BCUT2D eigenvalue weighted by Crippen LogP contribution is 2.29. The summed E-state index contributed by atoms with van der Waals surface area (Å²) < 4.78 is 0. The second-order valence-corrected chi connectivity index (χ2v) is 5.99. The van der Waals surface area contributed by atoms with E-state index in [9.17, 15) is 4.79 Å². The van der Waals surface area contributed by atoms with Crippen molar-refractivity contribution in [1.82, 2.24) is 9.88 Å². The van der Waals surface area contributed by atoms with E-state index in [1.54, 1.807) is 11.3 Å². The van der Waals surface area contributed by atoms with E-state index < -0.39 is 0 Å². The number of hydrogen-bond donors (Lipinski definition) is 1. The molecule has 2 heterocycles. The minimum Gasteiger partial charge on any atom is -0.342 e. The molecule has 7 heteroatoms. The van der Waals surface area contributed by atoms with Crippen LogP contribution >= 0.6 is 36.2 Å². The first kappa shape index (κ1) is 20.6. The predicted octanol–water partition coefficient (Wildman–Crippen LogP) is 2.99. The van der Waals surface area contributed by atoms with Crippen molar-refractivity contribution >= 4 is 42.1 Å². The van der Waals surface area contributed by atoms with Gasteiger partial charge in [-0.25, -0.2) is 4.98 Å². The van der Waals surface area contributed by atoms with Crippen molar-refractivity contribution in [1.29, 1.82) is 0 Å². The number of likely N-dealkylation sites (tertiary alicyclic amines) is 1. The minimum atomic E-state index is 0. The van der Waals surface area contributed by atoms with Gasteiger partial charge in [0.05, 0.1) is 10.7 Å². The lowest BCUT2D eigenvalue weighted by Crippen LogP contribution is -2.39. The zero-order valence-corrected chi connectivity index (χ0v) is 14.9. The summed E-state index contributed by atoms with van der Waals surface area (Å²) in [7, 11) is 0. The fourth-order valence-electron chi connectivity index (χ4n) is 2.49. The van der Waals surface area contributed by atoms with Crippen LogP contribution in [0.15, 0.2) is 5.38 Å². The maximum atomic E-state index is 12.0. The maximum absolute atomic E-state index is 12.0. The zero-order valence-electron chi connectivity index (χ0n) is 12.4. The highest BCUT2D eigenvalue weighted by molar-refractivity contribution is 7.09. The average molecular weight is 354 g/mol. The Hall–Kier alpha value is -0.360. The Balaban J connectivity index is 0.00000200. The van der Waals surface area contributed by atoms with Gasteiger partial charge in [0.1, 0.15) is 0 Å². The largest absolute Gasteiger partial charge is 0.342 e. The first-order valence-corrected chi connectivity index (χ1v) is 8.04. The molecule has 0 bridgehead atoms. The lowest BCUT2D eigenvalue weighted by Gasteiger charge is -2.32. The van der Waals surface area contributed by atoms with Crippen LogP contribution in [0.4, 0.5) is 0 Å². The van der Waals surface area contributed by atoms with Crippen molar-refractivity contribution in [3.05, 3.63) is 16.1 Å². The second kappa shape index (κ2) is 10.4. The molecule has 1 unspecified atom stereocenters. The van der Waals surface area contributed by atoms with Crippen molar-refractivity contribution in [3.63, 3.8) is 0 Å². The van der Waals surface area contributed by atoms with Crippen molar-refractivity contribution in [2.45, 2.75) is 44.9 Å². The SMILES string of the molecule is CCc1csc(C2CCCN(C(=O)CCCN)C2)n1.Cl.Cl. The van der Waals surface area contributed by atoms with Crippen molar-refractivity contribution in [2.75, 3.05) is 19.6 Å². The predicted molar refractivity (Wildman–Crippen MR) is 92.8 cm³/mol. The Labute approximate surface area is 143 Å². The maximum Gasteiger partial charge on any atom is 0.222 e. The number of hydrogen-bond acceptors (Lipinski definition) is 4. The van der Waals surface area contributed by atoms with Gasteiger partial charge in [-0.3, -0.25) is 4.79 Å². The molecule has 1 aliphatic heterocycles. The van der Waals surface area contributed by atoms with Gasteiger partial charge in [0.15, 0.2) is 0 Å². The molecule has 2 rings (SSSR count). The van der Waals surface area contributed by atoms with Crippen LogP contribution < -0.4 is 5.73 Å². The molecule has 1 aromatic heterocycles. The van der Waals surface area contributed by atoms with Crippen LogP contribution in [0, 0.1) is 0 Å². The van der Waals surface area contributed by atoms with Gasteiger partial charge in [0, 0.05) is 30.8 Å². The number of nitrogens with two attached hydrogens (primary N) is 1. The van der Waals surface area contributed by atoms with E-state index in [0.29, 0.717) is 18.9 Å². The Morgan fingerprint density at radius 2 is 2.29 bits per heavy atom. The van der Waals surface area contributed by atoms with E-state index >= 15 is 0 Å². The van der Waals surface area contributed by atoms with E-state index in [4.69, 9.17) is 5.73 Å². The molecule has 122 valence electrons. The second-order valence-electron chi connectivity index (χ2n) is 5.10. The van der Waals surface area contributed by atoms with Gasteiger partial charge in [-0.15, -0.1) is 36.2 Å². The Morgan fingerprint density at radius 1 is 1.52 bits per heavy atom. The normalized spacial score (nSPS) is 17.8. The summed E-state index contributed by atoms with van der Waals surface area (Å²) in [6, 6.07) is 0. The molecule has 1 aliphatic rings.